The van der Waals surface area contributed by atoms with E-state index in [2.05, 4.69) is 6.92 Å². The van der Waals surface area contributed by atoms with E-state index in [1.807, 2.05) is 0 Å². The molecule has 1 fully saturated rings. The lowest BCUT2D eigenvalue weighted by Gasteiger charge is -2.29. The van der Waals surface area contributed by atoms with Gasteiger partial charge in [0, 0.05) is 12.1 Å². The molecule has 0 bridgehead atoms. The Kier molecular flexibility index (Phi) is 4.94. The summed E-state index contributed by atoms with van der Waals surface area (Å²) in [5.74, 6) is 0.668. The van der Waals surface area contributed by atoms with E-state index < -0.39 is 5.97 Å². The van der Waals surface area contributed by atoms with Crippen molar-refractivity contribution >= 4 is 11.7 Å². The lowest BCUT2D eigenvalue weighted by molar-refractivity contribution is 0.0696. The molecule has 0 saturated heterocycles. The molecular formula is C16H23NO4. The smallest absolute Gasteiger partial charge is 0.337 e. The largest absolute Gasteiger partial charge is 0.493 e. The van der Waals surface area contributed by atoms with Crippen LogP contribution >= 0.6 is 0 Å². The van der Waals surface area contributed by atoms with Gasteiger partial charge in [0.25, 0.3) is 0 Å². The molecule has 5 nitrogen and oxygen atoms in total. The summed E-state index contributed by atoms with van der Waals surface area (Å²) >= 11 is 0. The summed E-state index contributed by atoms with van der Waals surface area (Å²) in [6.45, 7) is 2.22. The second-order valence-corrected chi connectivity index (χ2v) is 5.56. The molecule has 1 saturated carbocycles. The highest BCUT2D eigenvalue weighted by molar-refractivity contribution is 5.94. The number of carbonyl (C=O) groups is 1. The quantitative estimate of drug-likeness (QED) is 0.814. The maximum Gasteiger partial charge on any atom is 0.337 e. The Morgan fingerprint density at radius 1 is 1.29 bits per heavy atom. The molecule has 0 aromatic heterocycles. The van der Waals surface area contributed by atoms with Crippen LogP contribution in [0, 0.1) is 5.92 Å². The van der Waals surface area contributed by atoms with Crippen LogP contribution in [0.4, 0.5) is 5.69 Å². The van der Waals surface area contributed by atoms with E-state index in [1.54, 1.807) is 0 Å². The SMILES string of the molecule is CCC1CCC(Oc2cc(C(=O)O)c(N)cc2OC)CC1. The molecule has 1 aromatic rings. The number of benzene rings is 1. The summed E-state index contributed by atoms with van der Waals surface area (Å²) in [7, 11) is 1.52. The number of rotatable bonds is 5. The molecule has 0 aliphatic heterocycles. The molecule has 0 unspecified atom stereocenters. The van der Waals surface area contributed by atoms with Gasteiger partial charge in [-0.1, -0.05) is 13.3 Å². The van der Waals surface area contributed by atoms with E-state index in [0.717, 1.165) is 31.6 Å². The number of anilines is 1. The van der Waals surface area contributed by atoms with Gasteiger partial charge >= 0.3 is 5.97 Å². The zero-order chi connectivity index (χ0) is 15.4. The topological polar surface area (TPSA) is 81.8 Å². The van der Waals surface area contributed by atoms with E-state index >= 15 is 0 Å². The molecule has 116 valence electrons. The zero-order valence-electron chi connectivity index (χ0n) is 12.6. The zero-order valence-corrected chi connectivity index (χ0v) is 12.6. The van der Waals surface area contributed by atoms with Crippen LogP contribution < -0.4 is 15.2 Å². The number of hydrogen-bond acceptors (Lipinski definition) is 4. The fourth-order valence-electron chi connectivity index (χ4n) is 2.85. The first kappa shape index (κ1) is 15.5. The molecule has 21 heavy (non-hydrogen) atoms. The van der Waals surface area contributed by atoms with Crippen molar-refractivity contribution in [1.29, 1.82) is 0 Å². The molecule has 3 N–H and O–H groups in total. The lowest BCUT2D eigenvalue weighted by Crippen LogP contribution is -2.24. The average molecular weight is 293 g/mol. The number of nitrogens with two attached hydrogens (primary N) is 1. The minimum atomic E-state index is -1.06. The van der Waals surface area contributed by atoms with E-state index in [9.17, 15) is 4.79 Å². The number of methoxy groups -OCH3 is 1. The monoisotopic (exact) mass is 293 g/mol. The van der Waals surface area contributed by atoms with Crippen molar-refractivity contribution in [3.63, 3.8) is 0 Å². The van der Waals surface area contributed by atoms with Gasteiger partial charge in [-0.2, -0.15) is 0 Å². The van der Waals surface area contributed by atoms with Gasteiger partial charge in [-0.15, -0.1) is 0 Å². The first-order valence-electron chi connectivity index (χ1n) is 7.42. The fourth-order valence-corrected chi connectivity index (χ4v) is 2.85. The Labute approximate surface area is 125 Å². The van der Waals surface area contributed by atoms with Gasteiger partial charge in [-0.05, 0) is 31.6 Å². The van der Waals surface area contributed by atoms with Crippen molar-refractivity contribution in [3.8, 4) is 11.5 Å². The van der Waals surface area contributed by atoms with Gasteiger partial charge in [0.15, 0.2) is 11.5 Å². The standard InChI is InChI=1S/C16H23NO4/c1-3-10-4-6-11(7-5-10)21-15-8-12(16(18)19)13(17)9-14(15)20-2/h8-11H,3-7,17H2,1-2H3,(H,18,19). The highest BCUT2D eigenvalue weighted by Crippen LogP contribution is 2.36. The fraction of sp³-hybridized carbons (Fsp3) is 0.562. The van der Waals surface area contributed by atoms with Gasteiger partial charge in [0.2, 0.25) is 0 Å². The predicted octanol–water partition coefficient (Wildman–Crippen LogP) is 3.32. The molecule has 0 heterocycles. The van der Waals surface area contributed by atoms with Crippen molar-refractivity contribution < 1.29 is 19.4 Å². The van der Waals surface area contributed by atoms with Gasteiger partial charge in [-0.3, -0.25) is 0 Å². The molecule has 1 aliphatic rings. The highest BCUT2D eigenvalue weighted by Gasteiger charge is 2.23. The van der Waals surface area contributed by atoms with E-state index in [4.69, 9.17) is 20.3 Å². The number of hydrogen-bond donors (Lipinski definition) is 2. The Hall–Kier alpha value is -1.91. The third kappa shape index (κ3) is 3.60. The summed E-state index contributed by atoms with van der Waals surface area (Å²) in [5.41, 5.74) is 5.95. The van der Waals surface area contributed by atoms with Gasteiger partial charge in [0.1, 0.15) is 0 Å². The molecule has 0 radical (unpaired) electrons. The molecule has 1 aromatic carbocycles. The second kappa shape index (κ2) is 6.70. The minimum absolute atomic E-state index is 0.0491. The lowest BCUT2D eigenvalue weighted by atomic mass is 9.86. The number of carboxylic acids is 1. The third-order valence-electron chi connectivity index (χ3n) is 4.23. The predicted molar refractivity (Wildman–Crippen MR) is 81.0 cm³/mol. The molecule has 1 aliphatic carbocycles. The van der Waals surface area contributed by atoms with Crippen LogP contribution in [0.1, 0.15) is 49.4 Å². The van der Waals surface area contributed by atoms with Crippen LogP contribution in [-0.2, 0) is 0 Å². The Balaban J connectivity index is 2.15. The van der Waals surface area contributed by atoms with Crippen LogP contribution in [0.2, 0.25) is 0 Å². The summed E-state index contributed by atoms with van der Waals surface area (Å²) in [6.07, 6.45) is 5.63. The van der Waals surface area contributed by atoms with Crippen molar-refractivity contribution in [1.82, 2.24) is 0 Å². The first-order valence-corrected chi connectivity index (χ1v) is 7.42. The molecule has 0 spiro atoms. The molecule has 0 amide bonds. The average Bonchev–Trinajstić information content (AvgIpc) is 2.49. The van der Waals surface area contributed by atoms with Crippen LogP contribution in [0.15, 0.2) is 12.1 Å². The summed E-state index contributed by atoms with van der Waals surface area (Å²) < 4.78 is 11.2. The van der Waals surface area contributed by atoms with E-state index in [0.29, 0.717) is 11.5 Å². The van der Waals surface area contributed by atoms with Crippen LogP contribution in [0.5, 0.6) is 11.5 Å². The van der Waals surface area contributed by atoms with E-state index in [-0.39, 0.29) is 17.4 Å². The number of nitrogen functional groups attached to an aromatic ring is 1. The normalized spacial score (nSPS) is 21.8. The number of ether oxygens (including phenoxy) is 2. The molecule has 2 rings (SSSR count). The van der Waals surface area contributed by atoms with Crippen LogP contribution in [0.3, 0.4) is 0 Å². The second-order valence-electron chi connectivity index (χ2n) is 5.56. The Morgan fingerprint density at radius 3 is 2.48 bits per heavy atom. The summed E-state index contributed by atoms with van der Waals surface area (Å²) in [5, 5.41) is 9.15. The van der Waals surface area contributed by atoms with Crippen LogP contribution in [-0.4, -0.2) is 24.3 Å². The van der Waals surface area contributed by atoms with Crippen molar-refractivity contribution in [2.75, 3.05) is 12.8 Å². The summed E-state index contributed by atoms with van der Waals surface area (Å²) in [4.78, 5) is 11.2. The Morgan fingerprint density at radius 2 is 1.95 bits per heavy atom. The van der Waals surface area contributed by atoms with Gasteiger partial charge < -0.3 is 20.3 Å². The number of aromatic carboxylic acids is 1. The molecule has 5 heteroatoms. The van der Waals surface area contributed by atoms with Crippen molar-refractivity contribution in [2.45, 2.75) is 45.1 Å². The first-order chi connectivity index (χ1) is 10.0. The maximum absolute atomic E-state index is 11.2. The van der Waals surface area contributed by atoms with Crippen molar-refractivity contribution in [2.24, 2.45) is 5.92 Å². The van der Waals surface area contributed by atoms with Crippen LogP contribution in [0.25, 0.3) is 0 Å². The minimum Gasteiger partial charge on any atom is -0.493 e. The highest BCUT2D eigenvalue weighted by atomic mass is 16.5. The van der Waals surface area contributed by atoms with Gasteiger partial charge in [-0.25, -0.2) is 4.79 Å². The Bertz CT molecular complexity index is 507. The third-order valence-corrected chi connectivity index (χ3v) is 4.23. The van der Waals surface area contributed by atoms with E-state index in [1.165, 1.54) is 25.7 Å². The van der Waals surface area contributed by atoms with Crippen molar-refractivity contribution in [3.05, 3.63) is 17.7 Å². The molecular weight excluding hydrogens is 270 g/mol. The summed E-state index contributed by atoms with van der Waals surface area (Å²) in [6, 6.07) is 2.97. The maximum atomic E-state index is 11.2. The van der Waals surface area contributed by atoms with Gasteiger partial charge in [0.05, 0.1) is 24.5 Å². The molecule has 0 atom stereocenters. The number of carboxylic acid groups (broad SMARTS) is 1.